The molecular weight excluding hydrogens is 214 g/mol. The largest absolute Gasteiger partial charge is 0.313 e. The van der Waals surface area contributed by atoms with Crippen LogP contribution in [0.25, 0.3) is 0 Å². The first kappa shape index (κ1) is 13.6. The van der Waals surface area contributed by atoms with Gasteiger partial charge in [-0.1, -0.05) is 38.5 Å². The maximum atomic E-state index is 3.58. The van der Waals surface area contributed by atoms with Gasteiger partial charge in [-0.2, -0.15) is 0 Å². The van der Waals surface area contributed by atoms with Gasteiger partial charge >= 0.3 is 0 Å². The van der Waals surface area contributed by atoms with Gasteiger partial charge in [-0.3, -0.25) is 0 Å². The molecular formula is C14H23NS. The van der Waals surface area contributed by atoms with Crippen molar-refractivity contribution in [1.29, 1.82) is 0 Å². The lowest BCUT2D eigenvalue weighted by Gasteiger charge is -2.19. The molecule has 2 heteroatoms. The van der Waals surface area contributed by atoms with Crippen molar-refractivity contribution in [1.82, 2.24) is 5.32 Å². The number of nitrogens with one attached hydrogen (secondary N) is 1. The highest BCUT2D eigenvalue weighted by molar-refractivity contribution is 7.99. The first-order valence-corrected chi connectivity index (χ1v) is 7.13. The minimum atomic E-state index is 0.626. The van der Waals surface area contributed by atoms with E-state index in [9.17, 15) is 0 Å². The summed E-state index contributed by atoms with van der Waals surface area (Å²) in [6, 6.07) is 11.2. The van der Waals surface area contributed by atoms with Crippen molar-refractivity contribution in [2.75, 3.05) is 12.3 Å². The Labute approximate surface area is 104 Å². The number of rotatable bonds is 7. The molecule has 16 heavy (non-hydrogen) atoms. The van der Waals surface area contributed by atoms with Gasteiger partial charge in [0.25, 0.3) is 0 Å². The first-order valence-electron chi connectivity index (χ1n) is 6.15. The van der Waals surface area contributed by atoms with Crippen LogP contribution in [0.3, 0.4) is 0 Å². The van der Waals surface area contributed by atoms with Crippen molar-refractivity contribution in [2.45, 2.75) is 38.1 Å². The third-order valence-electron chi connectivity index (χ3n) is 3.08. The van der Waals surface area contributed by atoms with E-state index in [0.29, 0.717) is 6.04 Å². The van der Waals surface area contributed by atoms with Gasteiger partial charge in [-0.15, -0.1) is 11.8 Å². The number of benzene rings is 1. The van der Waals surface area contributed by atoms with Crippen LogP contribution in [0.1, 0.15) is 27.2 Å². The highest BCUT2D eigenvalue weighted by Gasteiger charge is 2.08. The summed E-state index contributed by atoms with van der Waals surface area (Å²) in [4.78, 5) is 1.36. The third-order valence-corrected chi connectivity index (χ3v) is 4.09. The molecule has 1 nitrogen and oxygen atoms in total. The summed E-state index contributed by atoms with van der Waals surface area (Å²) in [5.74, 6) is 1.91. The van der Waals surface area contributed by atoms with E-state index in [1.54, 1.807) is 0 Å². The van der Waals surface area contributed by atoms with Crippen LogP contribution < -0.4 is 5.32 Å². The summed E-state index contributed by atoms with van der Waals surface area (Å²) < 4.78 is 0. The van der Waals surface area contributed by atoms with Crippen LogP contribution in [0.4, 0.5) is 0 Å². The third kappa shape index (κ3) is 5.04. The second-order valence-electron chi connectivity index (χ2n) is 4.29. The highest BCUT2D eigenvalue weighted by Crippen LogP contribution is 2.16. The Balaban J connectivity index is 2.13. The summed E-state index contributed by atoms with van der Waals surface area (Å²) in [5.41, 5.74) is 0. The van der Waals surface area contributed by atoms with Crippen LogP contribution in [0.15, 0.2) is 35.2 Å². The summed E-state index contributed by atoms with van der Waals surface area (Å²) in [6.45, 7) is 7.93. The van der Waals surface area contributed by atoms with Gasteiger partial charge < -0.3 is 5.32 Å². The van der Waals surface area contributed by atoms with E-state index in [1.165, 1.54) is 11.3 Å². The topological polar surface area (TPSA) is 12.0 Å². The average molecular weight is 237 g/mol. The number of thioether (sulfide) groups is 1. The standard InChI is InChI=1S/C14H23NS/c1-4-12(2)13(3)15-10-11-16-14-8-6-5-7-9-14/h5-9,12-13,15H,4,10-11H2,1-3H3. The minimum absolute atomic E-state index is 0.626. The lowest BCUT2D eigenvalue weighted by atomic mass is 10.0. The van der Waals surface area contributed by atoms with Gasteiger partial charge in [0.1, 0.15) is 0 Å². The quantitative estimate of drug-likeness (QED) is 0.572. The summed E-state index contributed by atoms with van der Waals surface area (Å²) >= 11 is 1.92. The predicted molar refractivity (Wildman–Crippen MR) is 74.1 cm³/mol. The maximum absolute atomic E-state index is 3.58. The fourth-order valence-corrected chi connectivity index (χ4v) is 2.33. The van der Waals surface area contributed by atoms with E-state index in [-0.39, 0.29) is 0 Å². The van der Waals surface area contributed by atoms with Crippen LogP contribution in [0, 0.1) is 5.92 Å². The molecule has 0 fully saturated rings. The van der Waals surface area contributed by atoms with E-state index in [1.807, 2.05) is 11.8 Å². The lowest BCUT2D eigenvalue weighted by Crippen LogP contribution is -2.33. The van der Waals surface area contributed by atoms with Gasteiger partial charge in [0.2, 0.25) is 0 Å². The van der Waals surface area contributed by atoms with Gasteiger partial charge in [0.15, 0.2) is 0 Å². The Morgan fingerprint density at radius 1 is 1.19 bits per heavy atom. The van der Waals surface area contributed by atoms with Gasteiger partial charge in [0.05, 0.1) is 0 Å². The van der Waals surface area contributed by atoms with Crippen LogP contribution in [-0.4, -0.2) is 18.3 Å². The molecule has 1 aromatic carbocycles. The van der Waals surface area contributed by atoms with Crippen molar-refractivity contribution in [3.8, 4) is 0 Å². The molecule has 0 heterocycles. The lowest BCUT2D eigenvalue weighted by molar-refractivity contribution is 0.399. The average Bonchev–Trinajstić information content (AvgIpc) is 2.34. The predicted octanol–water partition coefficient (Wildman–Crippen LogP) is 3.80. The fourth-order valence-electron chi connectivity index (χ4n) is 1.53. The minimum Gasteiger partial charge on any atom is -0.313 e. The van der Waals surface area contributed by atoms with Crippen molar-refractivity contribution in [2.24, 2.45) is 5.92 Å². The molecule has 1 N–H and O–H groups in total. The van der Waals surface area contributed by atoms with Crippen LogP contribution in [0.2, 0.25) is 0 Å². The van der Waals surface area contributed by atoms with Crippen LogP contribution >= 0.6 is 11.8 Å². The molecule has 90 valence electrons. The fraction of sp³-hybridized carbons (Fsp3) is 0.571. The maximum Gasteiger partial charge on any atom is 0.0106 e. The molecule has 0 aromatic heterocycles. The monoisotopic (exact) mass is 237 g/mol. The zero-order valence-corrected chi connectivity index (χ0v) is 11.4. The Hall–Kier alpha value is -0.470. The molecule has 0 spiro atoms. The zero-order valence-electron chi connectivity index (χ0n) is 10.6. The summed E-state index contributed by atoms with van der Waals surface area (Å²) in [6.07, 6.45) is 1.25. The zero-order chi connectivity index (χ0) is 11.8. The molecule has 1 aromatic rings. The summed E-state index contributed by atoms with van der Waals surface area (Å²) in [7, 11) is 0. The molecule has 2 unspecified atom stereocenters. The van der Waals surface area contributed by atoms with Crippen molar-refractivity contribution < 1.29 is 0 Å². The van der Waals surface area contributed by atoms with Gasteiger partial charge in [-0.25, -0.2) is 0 Å². The Kier molecular flexibility index (Phi) is 6.58. The smallest absolute Gasteiger partial charge is 0.0106 e. The summed E-state index contributed by atoms with van der Waals surface area (Å²) in [5, 5.41) is 3.58. The number of hydrogen-bond acceptors (Lipinski definition) is 2. The van der Waals surface area contributed by atoms with Gasteiger partial charge in [0, 0.05) is 23.2 Å². The Morgan fingerprint density at radius 3 is 2.50 bits per heavy atom. The van der Waals surface area contributed by atoms with Gasteiger partial charge in [-0.05, 0) is 25.0 Å². The first-order chi connectivity index (χ1) is 7.74. The SMILES string of the molecule is CCC(C)C(C)NCCSc1ccccc1. The van der Waals surface area contributed by atoms with E-state index in [2.05, 4.69) is 56.4 Å². The van der Waals surface area contributed by atoms with E-state index < -0.39 is 0 Å². The number of hydrogen-bond donors (Lipinski definition) is 1. The molecule has 0 aliphatic heterocycles. The molecule has 1 rings (SSSR count). The van der Waals surface area contributed by atoms with E-state index in [0.717, 1.165) is 18.2 Å². The molecule has 2 atom stereocenters. The normalized spacial score (nSPS) is 14.7. The van der Waals surface area contributed by atoms with E-state index >= 15 is 0 Å². The second kappa shape index (κ2) is 7.75. The van der Waals surface area contributed by atoms with Crippen molar-refractivity contribution in [3.63, 3.8) is 0 Å². The Bertz CT molecular complexity index is 273. The Morgan fingerprint density at radius 2 is 1.88 bits per heavy atom. The molecule has 0 aliphatic carbocycles. The molecule has 0 saturated carbocycles. The van der Waals surface area contributed by atoms with Crippen molar-refractivity contribution >= 4 is 11.8 Å². The van der Waals surface area contributed by atoms with Crippen LogP contribution in [-0.2, 0) is 0 Å². The highest BCUT2D eigenvalue weighted by atomic mass is 32.2. The van der Waals surface area contributed by atoms with Crippen LogP contribution in [0.5, 0.6) is 0 Å². The molecule has 0 aliphatic rings. The molecule has 0 bridgehead atoms. The molecule has 0 radical (unpaired) electrons. The second-order valence-corrected chi connectivity index (χ2v) is 5.46. The molecule has 0 saturated heterocycles. The van der Waals surface area contributed by atoms with Crippen molar-refractivity contribution in [3.05, 3.63) is 30.3 Å². The van der Waals surface area contributed by atoms with E-state index in [4.69, 9.17) is 0 Å². The molecule has 0 amide bonds.